The minimum absolute atomic E-state index is 0.0319. The van der Waals surface area contributed by atoms with E-state index in [1.165, 1.54) is 37.3 Å². The standard InChI is InChI=1S/C17H17F2N3O3/c1-16(24,7-20)12-6-11-14(25-8-17(11,19)15(21)23)13(22-12)9-2-4-10(18)5-3-9/h2-6,24H,7-8,20H2,1H3,(H2,21,23)/t16-,17?/m0/s1. The highest BCUT2D eigenvalue weighted by Gasteiger charge is 2.49. The second-order valence-electron chi connectivity index (χ2n) is 6.17. The third-order valence-electron chi connectivity index (χ3n) is 4.27. The number of primary amides is 1. The lowest BCUT2D eigenvalue weighted by Crippen LogP contribution is -2.39. The molecule has 5 N–H and O–H groups in total. The fraction of sp³-hybridized carbons (Fsp3) is 0.294. The first-order chi connectivity index (χ1) is 11.7. The fourth-order valence-corrected chi connectivity index (χ4v) is 2.61. The summed E-state index contributed by atoms with van der Waals surface area (Å²) in [4.78, 5) is 15.9. The molecule has 0 spiro atoms. The van der Waals surface area contributed by atoms with Crippen molar-refractivity contribution in [1.82, 2.24) is 4.98 Å². The normalized spacial score (nSPS) is 21.3. The second kappa shape index (κ2) is 5.75. The topological polar surface area (TPSA) is 111 Å². The third-order valence-corrected chi connectivity index (χ3v) is 4.27. The van der Waals surface area contributed by atoms with Crippen LogP contribution in [0.1, 0.15) is 18.2 Å². The molecule has 1 aromatic heterocycles. The molecule has 1 aliphatic heterocycles. The molecular formula is C17H17F2N3O3. The molecule has 2 heterocycles. The molecule has 2 atom stereocenters. The van der Waals surface area contributed by atoms with Crippen LogP contribution in [0.4, 0.5) is 8.78 Å². The Hall–Kier alpha value is -2.58. The van der Waals surface area contributed by atoms with Gasteiger partial charge in [-0.05, 0) is 37.3 Å². The first kappa shape index (κ1) is 17.2. The number of aromatic nitrogens is 1. The van der Waals surface area contributed by atoms with Gasteiger partial charge in [-0.2, -0.15) is 0 Å². The summed E-state index contributed by atoms with van der Waals surface area (Å²) in [5.41, 5.74) is 7.18. The quantitative estimate of drug-likeness (QED) is 0.765. The molecule has 1 amide bonds. The highest BCUT2D eigenvalue weighted by molar-refractivity contribution is 5.88. The number of nitrogens with two attached hydrogens (primary N) is 2. The van der Waals surface area contributed by atoms with Crippen molar-refractivity contribution in [2.45, 2.75) is 18.2 Å². The zero-order valence-electron chi connectivity index (χ0n) is 13.4. The molecule has 0 bridgehead atoms. The van der Waals surface area contributed by atoms with Crippen molar-refractivity contribution in [3.05, 3.63) is 47.4 Å². The van der Waals surface area contributed by atoms with Gasteiger partial charge in [0.1, 0.15) is 23.7 Å². The molecule has 1 unspecified atom stereocenters. The summed E-state index contributed by atoms with van der Waals surface area (Å²) >= 11 is 0. The maximum Gasteiger partial charge on any atom is 0.263 e. The van der Waals surface area contributed by atoms with E-state index in [1.807, 2.05) is 0 Å². The van der Waals surface area contributed by atoms with E-state index in [0.717, 1.165) is 0 Å². The molecule has 1 aromatic carbocycles. The van der Waals surface area contributed by atoms with Gasteiger partial charge in [-0.3, -0.25) is 4.79 Å². The Balaban J connectivity index is 2.29. The predicted octanol–water partition coefficient (Wildman–Crippen LogP) is 1.10. The number of carbonyl (C=O) groups is 1. The zero-order valence-corrected chi connectivity index (χ0v) is 13.4. The minimum Gasteiger partial charge on any atom is -0.487 e. The summed E-state index contributed by atoms with van der Waals surface area (Å²) < 4.78 is 33.6. The van der Waals surface area contributed by atoms with E-state index < -0.39 is 29.6 Å². The van der Waals surface area contributed by atoms with E-state index in [0.29, 0.717) is 5.56 Å². The van der Waals surface area contributed by atoms with Crippen LogP contribution < -0.4 is 16.2 Å². The van der Waals surface area contributed by atoms with Crippen LogP contribution in [-0.2, 0) is 16.1 Å². The Morgan fingerprint density at radius 3 is 2.64 bits per heavy atom. The molecule has 0 fully saturated rings. The van der Waals surface area contributed by atoms with Crippen molar-refractivity contribution in [3.8, 4) is 17.0 Å². The molecule has 0 saturated carbocycles. The van der Waals surface area contributed by atoms with Gasteiger partial charge in [-0.15, -0.1) is 0 Å². The molecule has 1 aliphatic rings. The molecule has 3 rings (SSSR count). The number of benzene rings is 1. The number of amides is 1. The number of fused-ring (bicyclic) bond motifs is 1. The summed E-state index contributed by atoms with van der Waals surface area (Å²) in [7, 11) is 0. The van der Waals surface area contributed by atoms with Crippen molar-refractivity contribution < 1.29 is 23.4 Å². The van der Waals surface area contributed by atoms with E-state index >= 15 is 4.39 Å². The van der Waals surface area contributed by atoms with Crippen LogP contribution >= 0.6 is 0 Å². The Kier molecular flexibility index (Phi) is 3.97. The highest BCUT2D eigenvalue weighted by atomic mass is 19.1. The van der Waals surface area contributed by atoms with Crippen molar-refractivity contribution in [1.29, 1.82) is 0 Å². The number of halogens is 2. The van der Waals surface area contributed by atoms with E-state index in [-0.39, 0.29) is 29.2 Å². The van der Waals surface area contributed by atoms with Gasteiger partial charge in [0, 0.05) is 17.7 Å². The molecule has 8 heteroatoms. The van der Waals surface area contributed by atoms with Crippen molar-refractivity contribution in [2.24, 2.45) is 11.5 Å². The number of nitrogens with zero attached hydrogens (tertiary/aromatic N) is 1. The Labute approximate surface area is 142 Å². The number of pyridine rings is 1. The van der Waals surface area contributed by atoms with Crippen LogP contribution in [0.25, 0.3) is 11.3 Å². The van der Waals surface area contributed by atoms with Crippen molar-refractivity contribution in [3.63, 3.8) is 0 Å². The molecule has 0 aliphatic carbocycles. The summed E-state index contributed by atoms with van der Waals surface area (Å²) in [5, 5.41) is 10.4. The van der Waals surface area contributed by atoms with Crippen molar-refractivity contribution in [2.75, 3.05) is 13.2 Å². The van der Waals surface area contributed by atoms with Gasteiger partial charge in [0.15, 0.2) is 5.75 Å². The molecule has 0 radical (unpaired) electrons. The number of hydrogen-bond donors (Lipinski definition) is 3. The predicted molar refractivity (Wildman–Crippen MR) is 85.7 cm³/mol. The Morgan fingerprint density at radius 1 is 1.44 bits per heavy atom. The second-order valence-corrected chi connectivity index (χ2v) is 6.17. The smallest absolute Gasteiger partial charge is 0.263 e. The van der Waals surface area contributed by atoms with E-state index in [9.17, 15) is 14.3 Å². The van der Waals surface area contributed by atoms with Crippen LogP contribution in [0.15, 0.2) is 30.3 Å². The minimum atomic E-state index is -2.55. The van der Waals surface area contributed by atoms with Gasteiger partial charge in [0.2, 0.25) is 0 Å². The fourth-order valence-electron chi connectivity index (χ4n) is 2.61. The van der Waals surface area contributed by atoms with Gasteiger partial charge < -0.3 is 21.3 Å². The third kappa shape index (κ3) is 2.73. The molecule has 0 saturated heterocycles. The zero-order chi connectivity index (χ0) is 18.4. The lowest BCUT2D eigenvalue weighted by Gasteiger charge is -2.23. The van der Waals surface area contributed by atoms with Crippen LogP contribution in [0, 0.1) is 5.82 Å². The average molecular weight is 349 g/mol. The Bertz CT molecular complexity index is 840. The van der Waals surface area contributed by atoms with E-state index in [4.69, 9.17) is 16.2 Å². The maximum absolute atomic E-state index is 15.1. The lowest BCUT2D eigenvalue weighted by atomic mass is 9.91. The van der Waals surface area contributed by atoms with E-state index in [2.05, 4.69) is 4.98 Å². The summed E-state index contributed by atoms with van der Waals surface area (Å²) in [6, 6.07) is 6.52. The lowest BCUT2D eigenvalue weighted by molar-refractivity contribution is -0.130. The van der Waals surface area contributed by atoms with Crippen LogP contribution in [0.5, 0.6) is 5.75 Å². The monoisotopic (exact) mass is 349 g/mol. The number of hydrogen-bond acceptors (Lipinski definition) is 5. The van der Waals surface area contributed by atoms with Crippen molar-refractivity contribution >= 4 is 5.91 Å². The number of alkyl halides is 1. The van der Waals surface area contributed by atoms with Gasteiger partial charge in [-0.1, -0.05) is 0 Å². The van der Waals surface area contributed by atoms with Crippen LogP contribution in [-0.4, -0.2) is 29.1 Å². The average Bonchev–Trinajstić information content (AvgIpc) is 2.93. The molecule has 25 heavy (non-hydrogen) atoms. The first-order valence-electron chi connectivity index (χ1n) is 7.55. The summed E-state index contributed by atoms with van der Waals surface area (Å²) in [5.74, 6) is -1.63. The van der Waals surface area contributed by atoms with Gasteiger partial charge in [-0.25, -0.2) is 13.8 Å². The summed E-state index contributed by atoms with van der Waals surface area (Å²) in [6.07, 6.45) is 0. The Morgan fingerprint density at radius 2 is 2.08 bits per heavy atom. The number of ether oxygens (including phenoxy) is 1. The number of aliphatic hydroxyl groups is 1. The van der Waals surface area contributed by atoms with Crippen LogP contribution in [0.3, 0.4) is 0 Å². The maximum atomic E-state index is 15.1. The van der Waals surface area contributed by atoms with Gasteiger partial charge >= 0.3 is 0 Å². The number of rotatable bonds is 4. The number of carbonyl (C=O) groups excluding carboxylic acids is 1. The first-order valence-corrected chi connectivity index (χ1v) is 7.55. The van der Waals surface area contributed by atoms with Gasteiger partial charge in [0.25, 0.3) is 11.6 Å². The van der Waals surface area contributed by atoms with Gasteiger partial charge in [0.05, 0.1) is 5.69 Å². The molecular weight excluding hydrogens is 332 g/mol. The molecule has 6 nitrogen and oxygen atoms in total. The van der Waals surface area contributed by atoms with Crippen LogP contribution in [0.2, 0.25) is 0 Å². The molecule has 132 valence electrons. The highest BCUT2D eigenvalue weighted by Crippen LogP contribution is 2.46. The summed E-state index contributed by atoms with van der Waals surface area (Å²) in [6.45, 7) is 0.635. The molecule has 2 aromatic rings. The van der Waals surface area contributed by atoms with E-state index in [1.54, 1.807) is 0 Å². The largest absolute Gasteiger partial charge is 0.487 e. The SMILES string of the molecule is C[C@](O)(CN)c1cc2c(c(-c3ccc(F)cc3)n1)OCC2(F)C(N)=O.